The lowest BCUT2D eigenvalue weighted by molar-refractivity contribution is -0.120. The summed E-state index contributed by atoms with van der Waals surface area (Å²) in [7, 11) is 0. The summed E-state index contributed by atoms with van der Waals surface area (Å²) in [6, 6.07) is 3.82. The summed E-state index contributed by atoms with van der Waals surface area (Å²) in [5.74, 6) is -0.279. The molecule has 0 saturated carbocycles. The standard InChI is InChI=1S/C9H14N2OS/c1-2-8(9(10)12)11-6-7-4-3-5-13-7/h3-5,8,11H,2,6H2,1H3,(H2,10,12). The fourth-order valence-corrected chi connectivity index (χ4v) is 1.74. The van der Waals surface area contributed by atoms with Gasteiger partial charge in [-0.15, -0.1) is 11.3 Å². The zero-order valence-corrected chi connectivity index (χ0v) is 8.43. The van der Waals surface area contributed by atoms with E-state index in [4.69, 9.17) is 5.73 Å². The average molecular weight is 198 g/mol. The van der Waals surface area contributed by atoms with E-state index in [-0.39, 0.29) is 11.9 Å². The van der Waals surface area contributed by atoms with Crippen molar-refractivity contribution in [1.29, 1.82) is 0 Å². The van der Waals surface area contributed by atoms with Gasteiger partial charge in [0.05, 0.1) is 6.04 Å². The van der Waals surface area contributed by atoms with Crippen LogP contribution in [-0.4, -0.2) is 11.9 Å². The SMILES string of the molecule is CCC(NCc1cccs1)C(N)=O. The van der Waals surface area contributed by atoms with Gasteiger partial charge in [-0.05, 0) is 17.9 Å². The Hall–Kier alpha value is -0.870. The number of rotatable bonds is 5. The lowest BCUT2D eigenvalue weighted by atomic mass is 10.2. The van der Waals surface area contributed by atoms with Crippen molar-refractivity contribution >= 4 is 17.2 Å². The molecule has 1 heterocycles. The van der Waals surface area contributed by atoms with Crippen molar-refractivity contribution in [3.63, 3.8) is 0 Å². The number of carbonyl (C=O) groups excluding carboxylic acids is 1. The van der Waals surface area contributed by atoms with Crippen LogP contribution in [0.3, 0.4) is 0 Å². The van der Waals surface area contributed by atoms with Gasteiger partial charge in [0.1, 0.15) is 0 Å². The van der Waals surface area contributed by atoms with Gasteiger partial charge in [-0.2, -0.15) is 0 Å². The molecule has 0 spiro atoms. The summed E-state index contributed by atoms with van der Waals surface area (Å²) in [6.07, 6.45) is 0.737. The van der Waals surface area contributed by atoms with Crippen LogP contribution in [0.4, 0.5) is 0 Å². The van der Waals surface area contributed by atoms with Crippen LogP contribution in [0, 0.1) is 0 Å². The lowest BCUT2D eigenvalue weighted by Gasteiger charge is -2.11. The zero-order valence-electron chi connectivity index (χ0n) is 7.62. The van der Waals surface area contributed by atoms with Crippen LogP contribution in [0.25, 0.3) is 0 Å². The van der Waals surface area contributed by atoms with E-state index < -0.39 is 0 Å². The molecule has 0 aliphatic heterocycles. The van der Waals surface area contributed by atoms with Gasteiger partial charge in [-0.25, -0.2) is 0 Å². The fourth-order valence-electron chi connectivity index (χ4n) is 1.08. The number of primary amides is 1. The number of hydrogen-bond donors (Lipinski definition) is 2. The summed E-state index contributed by atoms with van der Waals surface area (Å²) in [4.78, 5) is 12.1. The molecular weight excluding hydrogens is 184 g/mol. The first-order valence-electron chi connectivity index (χ1n) is 4.29. The van der Waals surface area contributed by atoms with E-state index in [0.717, 1.165) is 13.0 Å². The number of amides is 1. The van der Waals surface area contributed by atoms with Gasteiger partial charge in [-0.3, -0.25) is 4.79 Å². The second kappa shape index (κ2) is 4.99. The molecule has 0 saturated heterocycles. The van der Waals surface area contributed by atoms with Crippen LogP contribution >= 0.6 is 11.3 Å². The van der Waals surface area contributed by atoms with Crippen LogP contribution < -0.4 is 11.1 Å². The predicted octanol–water partition coefficient (Wildman–Crippen LogP) is 1.10. The Balaban J connectivity index is 2.36. The Morgan fingerprint density at radius 2 is 2.54 bits per heavy atom. The van der Waals surface area contributed by atoms with Crippen molar-refractivity contribution in [1.82, 2.24) is 5.32 Å². The Bertz CT molecular complexity index is 259. The molecule has 1 aromatic rings. The largest absolute Gasteiger partial charge is 0.368 e. The monoisotopic (exact) mass is 198 g/mol. The first kappa shape index (κ1) is 10.2. The van der Waals surface area contributed by atoms with Gasteiger partial charge in [-0.1, -0.05) is 13.0 Å². The van der Waals surface area contributed by atoms with E-state index in [1.54, 1.807) is 11.3 Å². The van der Waals surface area contributed by atoms with E-state index in [1.807, 2.05) is 24.4 Å². The van der Waals surface area contributed by atoms with E-state index in [2.05, 4.69) is 5.32 Å². The maximum Gasteiger partial charge on any atom is 0.234 e. The molecule has 72 valence electrons. The van der Waals surface area contributed by atoms with Crippen LogP contribution in [0.2, 0.25) is 0 Å². The first-order chi connectivity index (χ1) is 6.24. The summed E-state index contributed by atoms with van der Waals surface area (Å²) < 4.78 is 0. The topological polar surface area (TPSA) is 55.1 Å². The molecule has 1 aromatic heterocycles. The predicted molar refractivity (Wildman–Crippen MR) is 54.4 cm³/mol. The zero-order chi connectivity index (χ0) is 9.68. The number of thiophene rings is 1. The summed E-state index contributed by atoms with van der Waals surface area (Å²) in [5, 5.41) is 5.12. The molecule has 1 amide bonds. The molecule has 13 heavy (non-hydrogen) atoms. The van der Waals surface area contributed by atoms with E-state index in [9.17, 15) is 4.79 Å². The smallest absolute Gasteiger partial charge is 0.234 e. The minimum absolute atomic E-state index is 0.206. The van der Waals surface area contributed by atoms with E-state index in [1.165, 1.54) is 4.88 Å². The molecule has 0 aromatic carbocycles. The first-order valence-corrected chi connectivity index (χ1v) is 5.17. The number of nitrogens with two attached hydrogens (primary N) is 1. The summed E-state index contributed by atoms with van der Waals surface area (Å²) >= 11 is 1.67. The second-order valence-electron chi connectivity index (χ2n) is 2.82. The highest BCUT2D eigenvalue weighted by Crippen LogP contribution is 2.08. The van der Waals surface area contributed by atoms with Crippen molar-refractivity contribution in [3.8, 4) is 0 Å². The lowest BCUT2D eigenvalue weighted by Crippen LogP contribution is -2.40. The van der Waals surface area contributed by atoms with E-state index in [0.29, 0.717) is 0 Å². The Morgan fingerprint density at radius 3 is 3.00 bits per heavy atom. The molecule has 0 aliphatic rings. The number of hydrogen-bond acceptors (Lipinski definition) is 3. The Morgan fingerprint density at radius 1 is 1.77 bits per heavy atom. The summed E-state index contributed by atoms with van der Waals surface area (Å²) in [6.45, 7) is 2.66. The van der Waals surface area contributed by atoms with Crippen LogP contribution in [0.5, 0.6) is 0 Å². The highest BCUT2D eigenvalue weighted by molar-refractivity contribution is 7.09. The molecule has 0 aliphatic carbocycles. The van der Waals surface area contributed by atoms with Crippen molar-refractivity contribution in [3.05, 3.63) is 22.4 Å². The van der Waals surface area contributed by atoms with Gasteiger partial charge in [0, 0.05) is 11.4 Å². The molecule has 1 unspecified atom stereocenters. The molecule has 0 radical (unpaired) electrons. The minimum Gasteiger partial charge on any atom is -0.368 e. The quantitative estimate of drug-likeness (QED) is 0.744. The van der Waals surface area contributed by atoms with Gasteiger partial charge < -0.3 is 11.1 Å². The van der Waals surface area contributed by atoms with Gasteiger partial charge >= 0.3 is 0 Å². The molecular formula is C9H14N2OS. The van der Waals surface area contributed by atoms with Gasteiger partial charge in [0.15, 0.2) is 0 Å². The van der Waals surface area contributed by atoms with Crippen molar-refractivity contribution in [2.45, 2.75) is 25.9 Å². The highest BCUT2D eigenvalue weighted by Gasteiger charge is 2.11. The van der Waals surface area contributed by atoms with Crippen LogP contribution in [-0.2, 0) is 11.3 Å². The normalized spacial score (nSPS) is 12.7. The van der Waals surface area contributed by atoms with Crippen LogP contribution in [0.1, 0.15) is 18.2 Å². The Kier molecular flexibility index (Phi) is 3.92. The fraction of sp³-hybridized carbons (Fsp3) is 0.444. The highest BCUT2D eigenvalue weighted by atomic mass is 32.1. The van der Waals surface area contributed by atoms with E-state index >= 15 is 0 Å². The van der Waals surface area contributed by atoms with Crippen LogP contribution in [0.15, 0.2) is 17.5 Å². The Labute approximate surface area is 81.9 Å². The third kappa shape index (κ3) is 3.16. The van der Waals surface area contributed by atoms with Crippen molar-refractivity contribution in [2.75, 3.05) is 0 Å². The molecule has 0 bridgehead atoms. The maximum atomic E-state index is 10.9. The number of nitrogens with one attached hydrogen (secondary N) is 1. The summed E-state index contributed by atoms with van der Waals surface area (Å²) in [5.41, 5.74) is 5.19. The second-order valence-corrected chi connectivity index (χ2v) is 3.86. The van der Waals surface area contributed by atoms with Crippen molar-refractivity contribution in [2.24, 2.45) is 5.73 Å². The molecule has 1 atom stereocenters. The molecule has 3 N–H and O–H groups in total. The molecule has 0 fully saturated rings. The number of carbonyl (C=O) groups is 1. The minimum atomic E-state index is -0.279. The molecule has 3 nitrogen and oxygen atoms in total. The average Bonchev–Trinajstić information content (AvgIpc) is 2.57. The van der Waals surface area contributed by atoms with Gasteiger partial charge in [0.2, 0.25) is 5.91 Å². The van der Waals surface area contributed by atoms with Gasteiger partial charge in [0.25, 0.3) is 0 Å². The third-order valence-corrected chi connectivity index (χ3v) is 2.73. The third-order valence-electron chi connectivity index (χ3n) is 1.85. The van der Waals surface area contributed by atoms with Crippen molar-refractivity contribution < 1.29 is 4.79 Å². The molecule has 1 rings (SSSR count). The molecule has 4 heteroatoms. The maximum absolute atomic E-state index is 10.9.